The standard InChI is InChI=1S/C27H22NOP.C7H9P/c1-4-12-21(13-5-1)25-20-29-27(28-25)24-18-10-11-19-26(24)30(22-14-6-2-7-15-22)23-16-8-3-9-17-23;1-6-3-2-4-7(8)5-6/h1-19,25H,20H2;2-5H,8H2,1H3. The van der Waals surface area contributed by atoms with Crippen molar-refractivity contribution in [1.82, 2.24) is 0 Å². The lowest BCUT2D eigenvalue weighted by molar-refractivity contribution is 0.320. The molecule has 2 atom stereocenters. The molecule has 0 saturated carbocycles. The third kappa shape index (κ3) is 6.46. The van der Waals surface area contributed by atoms with E-state index in [1.54, 1.807) is 0 Å². The molecular formula is C34H31NOP2. The van der Waals surface area contributed by atoms with Gasteiger partial charge in [-0.25, -0.2) is 4.99 Å². The van der Waals surface area contributed by atoms with Crippen LogP contribution in [0, 0.1) is 6.92 Å². The smallest absolute Gasteiger partial charge is 0.217 e. The molecule has 5 aromatic carbocycles. The molecule has 4 heteroatoms. The van der Waals surface area contributed by atoms with Gasteiger partial charge in [0.05, 0.1) is 0 Å². The third-order valence-corrected chi connectivity index (χ3v) is 9.14. The molecule has 0 saturated heterocycles. The number of benzene rings is 5. The second-order valence-electron chi connectivity index (χ2n) is 9.11. The highest BCUT2D eigenvalue weighted by molar-refractivity contribution is 7.80. The molecule has 5 aromatic rings. The Hall–Kier alpha value is -3.57. The van der Waals surface area contributed by atoms with E-state index in [1.165, 1.54) is 32.3 Å². The van der Waals surface area contributed by atoms with Gasteiger partial charge in [-0.05, 0) is 47.7 Å². The monoisotopic (exact) mass is 531 g/mol. The van der Waals surface area contributed by atoms with E-state index in [0.717, 1.165) is 11.5 Å². The Morgan fingerprint density at radius 1 is 0.684 bits per heavy atom. The summed E-state index contributed by atoms with van der Waals surface area (Å²) in [5, 5.41) is 5.18. The lowest BCUT2D eigenvalue weighted by atomic mass is 10.1. The molecule has 0 radical (unpaired) electrons. The number of nitrogens with zero attached hydrogens (tertiary/aromatic N) is 1. The number of hydrogen-bond donors (Lipinski definition) is 0. The van der Waals surface area contributed by atoms with E-state index in [4.69, 9.17) is 9.73 Å². The number of aryl methyl sites for hydroxylation is 1. The van der Waals surface area contributed by atoms with Crippen molar-refractivity contribution in [3.8, 4) is 0 Å². The molecule has 0 aliphatic carbocycles. The van der Waals surface area contributed by atoms with Crippen molar-refractivity contribution in [1.29, 1.82) is 0 Å². The minimum Gasteiger partial charge on any atom is -0.475 e. The van der Waals surface area contributed by atoms with Crippen molar-refractivity contribution in [3.63, 3.8) is 0 Å². The molecular weight excluding hydrogens is 500 g/mol. The van der Waals surface area contributed by atoms with Crippen molar-refractivity contribution in [2.75, 3.05) is 6.61 Å². The Morgan fingerprint density at radius 3 is 1.84 bits per heavy atom. The summed E-state index contributed by atoms with van der Waals surface area (Å²) in [6.45, 7) is 2.68. The summed E-state index contributed by atoms with van der Waals surface area (Å²) < 4.78 is 6.13. The Morgan fingerprint density at radius 2 is 1.26 bits per heavy atom. The summed E-state index contributed by atoms with van der Waals surface area (Å²) in [5.41, 5.74) is 3.60. The van der Waals surface area contributed by atoms with Gasteiger partial charge in [0.2, 0.25) is 5.90 Å². The van der Waals surface area contributed by atoms with Gasteiger partial charge >= 0.3 is 0 Å². The molecule has 0 aromatic heterocycles. The van der Waals surface area contributed by atoms with Crippen LogP contribution < -0.4 is 21.2 Å². The fraction of sp³-hybridized carbons (Fsp3) is 0.0882. The minimum atomic E-state index is -0.712. The van der Waals surface area contributed by atoms with Gasteiger partial charge in [-0.2, -0.15) is 0 Å². The highest BCUT2D eigenvalue weighted by Gasteiger charge is 2.26. The fourth-order valence-electron chi connectivity index (χ4n) is 4.47. The first-order valence-electron chi connectivity index (χ1n) is 12.8. The van der Waals surface area contributed by atoms with E-state index in [1.807, 2.05) is 6.07 Å². The maximum Gasteiger partial charge on any atom is 0.217 e. The zero-order valence-corrected chi connectivity index (χ0v) is 23.5. The SMILES string of the molecule is Cc1cccc(P)c1.c1ccc(C2COC(c3ccccc3P(c3ccccc3)c3ccccc3)=N2)cc1. The molecule has 6 rings (SSSR count). The first kappa shape index (κ1) is 26.1. The number of aliphatic imine (C=N–C) groups is 1. The molecule has 0 bridgehead atoms. The Bertz CT molecular complexity index is 1430. The molecule has 1 heterocycles. The molecule has 1 aliphatic rings. The Balaban J connectivity index is 0.000000316. The van der Waals surface area contributed by atoms with Crippen LogP contribution in [-0.2, 0) is 4.74 Å². The van der Waals surface area contributed by atoms with Gasteiger partial charge in [0.15, 0.2) is 0 Å². The normalized spacial score (nSPS) is 14.3. The van der Waals surface area contributed by atoms with Crippen molar-refractivity contribution in [3.05, 3.63) is 156 Å². The number of rotatable bonds is 5. The first-order valence-corrected chi connectivity index (χ1v) is 14.7. The van der Waals surface area contributed by atoms with Crippen LogP contribution in [0.2, 0.25) is 0 Å². The van der Waals surface area contributed by atoms with Gasteiger partial charge in [-0.15, -0.1) is 9.24 Å². The van der Waals surface area contributed by atoms with Crippen molar-refractivity contribution < 1.29 is 4.74 Å². The van der Waals surface area contributed by atoms with Crippen LogP contribution in [0.4, 0.5) is 0 Å². The van der Waals surface area contributed by atoms with E-state index in [2.05, 4.69) is 150 Å². The second kappa shape index (κ2) is 12.8. The van der Waals surface area contributed by atoms with E-state index in [-0.39, 0.29) is 6.04 Å². The van der Waals surface area contributed by atoms with E-state index in [9.17, 15) is 0 Å². The predicted octanol–water partition coefficient (Wildman–Crippen LogP) is 6.46. The highest BCUT2D eigenvalue weighted by Crippen LogP contribution is 2.35. The Kier molecular flexibility index (Phi) is 8.77. The van der Waals surface area contributed by atoms with Gasteiger partial charge in [-0.1, -0.05) is 139 Å². The van der Waals surface area contributed by atoms with E-state index >= 15 is 0 Å². The van der Waals surface area contributed by atoms with Crippen LogP contribution in [0.5, 0.6) is 0 Å². The van der Waals surface area contributed by atoms with Crippen LogP contribution in [-0.4, -0.2) is 12.5 Å². The quantitative estimate of drug-likeness (QED) is 0.239. The molecule has 0 fully saturated rings. The predicted molar refractivity (Wildman–Crippen MR) is 167 cm³/mol. The van der Waals surface area contributed by atoms with Gasteiger partial charge in [0, 0.05) is 5.56 Å². The fourth-order valence-corrected chi connectivity index (χ4v) is 7.28. The maximum atomic E-state index is 6.13. The maximum absolute atomic E-state index is 6.13. The summed E-state index contributed by atoms with van der Waals surface area (Å²) in [7, 11) is 1.95. The summed E-state index contributed by atoms with van der Waals surface area (Å²) in [5.74, 6) is 0.749. The summed E-state index contributed by atoms with van der Waals surface area (Å²) in [4.78, 5) is 4.96. The van der Waals surface area contributed by atoms with Crippen molar-refractivity contribution in [2.45, 2.75) is 13.0 Å². The van der Waals surface area contributed by atoms with Crippen LogP contribution in [0.15, 0.2) is 145 Å². The van der Waals surface area contributed by atoms with Gasteiger partial charge in [0.25, 0.3) is 0 Å². The first-order chi connectivity index (χ1) is 18.7. The average molecular weight is 532 g/mol. The summed E-state index contributed by atoms with van der Waals surface area (Å²) in [6.07, 6.45) is 0. The molecule has 2 nitrogen and oxygen atoms in total. The van der Waals surface area contributed by atoms with Crippen LogP contribution in [0.1, 0.15) is 22.7 Å². The summed E-state index contributed by atoms with van der Waals surface area (Å²) >= 11 is 0. The van der Waals surface area contributed by atoms with Crippen molar-refractivity contribution in [2.24, 2.45) is 4.99 Å². The van der Waals surface area contributed by atoms with Crippen molar-refractivity contribution >= 4 is 44.3 Å². The molecule has 1 aliphatic heterocycles. The summed E-state index contributed by atoms with van der Waals surface area (Å²) in [6, 6.07) is 48.8. The topological polar surface area (TPSA) is 21.6 Å². The molecule has 2 unspecified atom stereocenters. The minimum absolute atomic E-state index is 0.0499. The second-order valence-corrected chi connectivity index (χ2v) is 12.0. The lowest BCUT2D eigenvalue weighted by Crippen LogP contribution is -2.25. The molecule has 0 spiro atoms. The third-order valence-electron chi connectivity index (χ3n) is 6.28. The van der Waals surface area contributed by atoms with Gasteiger partial charge in [-0.3, -0.25) is 0 Å². The molecule has 38 heavy (non-hydrogen) atoms. The lowest BCUT2D eigenvalue weighted by Gasteiger charge is -2.22. The van der Waals surface area contributed by atoms with Crippen LogP contribution >= 0.6 is 17.2 Å². The van der Waals surface area contributed by atoms with E-state index < -0.39 is 7.92 Å². The number of ether oxygens (including phenoxy) is 1. The molecule has 0 amide bonds. The largest absolute Gasteiger partial charge is 0.475 e. The zero-order chi connectivity index (χ0) is 26.2. The van der Waals surface area contributed by atoms with Crippen LogP contribution in [0.3, 0.4) is 0 Å². The molecule has 188 valence electrons. The highest BCUT2D eigenvalue weighted by atomic mass is 31.1. The van der Waals surface area contributed by atoms with Crippen LogP contribution in [0.25, 0.3) is 0 Å². The van der Waals surface area contributed by atoms with E-state index in [0.29, 0.717) is 6.61 Å². The average Bonchev–Trinajstić information content (AvgIpc) is 3.46. The number of hydrogen-bond acceptors (Lipinski definition) is 2. The zero-order valence-electron chi connectivity index (χ0n) is 21.4. The Labute approximate surface area is 229 Å². The molecule has 0 N–H and O–H groups in total. The van der Waals surface area contributed by atoms with Gasteiger partial charge < -0.3 is 4.74 Å². The van der Waals surface area contributed by atoms with Gasteiger partial charge in [0.1, 0.15) is 12.6 Å².